The average Bonchev–Trinajstić information content (AvgIpc) is 2.60. The summed E-state index contributed by atoms with van der Waals surface area (Å²) in [6.45, 7) is 8.75. The van der Waals surface area contributed by atoms with Crippen molar-refractivity contribution in [3.8, 4) is 0 Å². The number of aliphatic hydroxyl groups is 1. The third-order valence-corrected chi connectivity index (χ3v) is 4.06. The van der Waals surface area contributed by atoms with Crippen molar-refractivity contribution < 1.29 is 5.11 Å². The lowest BCUT2D eigenvalue weighted by Gasteiger charge is -2.31. The van der Waals surface area contributed by atoms with Crippen LogP contribution in [0.25, 0.3) is 0 Å². The van der Waals surface area contributed by atoms with Crippen molar-refractivity contribution in [3.63, 3.8) is 0 Å². The third kappa shape index (κ3) is 3.48. The fraction of sp³-hybridized carbons (Fsp3) is 0.625. The van der Waals surface area contributed by atoms with Crippen molar-refractivity contribution in [2.45, 2.75) is 45.2 Å². The zero-order valence-corrected chi connectivity index (χ0v) is 12.3. The number of hydrogen-bond acceptors (Lipinski definition) is 3. The molecule has 0 saturated carbocycles. The maximum atomic E-state index is 9.39. The molecule has 2 atom stereocenters. The molecule has 3 heteroatoms. The van der Waals surface area contributed by atoms with E-state index < -0.39 is 0 Å². The van der Waals surface area contributed by atoms with Crippen LogP contribution in [-0.4, -0.2) is 36.9 Å². The van der Waals surface area contributed by atoms with Gasteiger partial charge in [-0.1, -0.05) is 26.0 Å². The van der Waals surface area contributed by atoms with Gasteiger partial charge in [0.1, 0.15) is 0 Å². The number of nitrogens with one attached hydrogen (secondary N) is 1. The van der Waals surface area contributed by atoms with E-state index in [-0.39, 0.29) is 12.6 Å². The second kappa shape index (κ2) is 6.40. The summed E-state index contributed by atoms with van der Waals surface area (Å²) in [5.41, 5.74) is 2.64. The van der Waals surface area contributed by atoms with Crippen molar-refractivity contribution in [3.05, 3.63) is 29.8 Å². The Morgan fingerprint density at radius 3 is 2.58 bits per heavy atom. The van der Waals surface area contributed by atoms with Gasteiger partial charge in [-0.2, -0.15) is 0 Å². The Balaban J connectivity index is 2.17. The zero-order chi connectivity index (χ0) is 13.8. The van der Waals surface area contributed by atoms with Crippen LogP contribution in [0.5, 0.6) is 0 Å². The molecule has 1 aromatic rings. The Kier molecular flexibility index (Phi) is 4.83. The van der Waals surface area contributed by atoms with Gasteiger partial charge in [0, 0.05) is 24.3 Å². The monoisotopic (exact) mass is 262 g/mol. The normalized spacial score (nSPS) is 24.6. The van der Waals surface area contributed by atoms with Crippen molar-refractivity contribution >= 4 is 5.69 Å². The van der Waals surface area contributed by atoms with E-state index in [9.17, 15) is 5.11 Å². The fourth-order valence-corrected chi connectivity index (χ4v) is 2.67. The van der Waals surface area contributed by atoms with Gasteiger partial charge < -0.3 is 15.3 Å². The molecule has 3 nitrogen and oxygen atoms in total. The number of anilines is 1. The van der Waals surface area contributed by atoms with Crippen LogP contribution < -0.4 is 10.2 Å². The average molecular weight is 262 g/mol. The maximum Gasteiger partial charge on any atom is 0.0601 e. The number of rotatable bonds is 3. The second-order valence-corrected chi connectivity index (χ2v) is 5.87. The molecule has 1 fully saturated rings. The lowest BCUT2D eigenvalue weighted by Crippen LogP contribution is -2.42. The van der Waals surface area contributed by atoms with Crippen LogP contribution in [0.1, 0.15) is 38.7 Å². The predicted molar refractivity (Wildman–Crippen MR) is 80.8 cm³/mol. The first-order valence-electron chi connectivity index (χ1n) is 7.32. The zero-order valence-electron chi connectivity index (χ0n) is 12.3. The molecule has 19 heavy (non-hydrogen) atoms. The van der Waals surface area contributed by atoms with Gasteiger partial charge in [-0.3, -0.25) is 0 Å². The predicted octanol–water partition coefficient (Wildman–Crippen LogP) is 2.36. The first kappa shape index (κ1) is 14.4. The molecule has 0 aliphatic carbocycles. The molecular formula is C16H26N2O. The van der Waals surface area contributed by atoms with Crippen LogP contribution in [0.3, 0.4) is 0 Å². The molecule has 2 rings (SSSR count). The molecule has 0 aromatic heterocycles. The van der Waals surface area contributed by atoms with Crippen LogP contribution >= 0.6 is 0 Å². The standard InChI is InChI=1S/C16H26N2O/c1-12(2)14-4-6-16(7-5-14)18-10-15(11-19)17-9-8-13(18)3/h4-7,12-13,15,17,19H,8-11H2,1-3H3. The Hall–Kier alpha value is -1.06. The van der Waals surface area contributed by atoms with Crippen LogP contribution in [0.15, 0.2) is 24.3 Å². The van der Waals surface area contributed by atoms with E-state index in [1.807, 2.05) is 0 Å². The highest BCUT2D eigenvalue weighted by molar-refractivity contribution is 5.49. The van der Waals surface area contributed by atoms with E-state index in [4.69, 9.17) is 0 Å². The molecule has 0 amide bonds. The Morgan fingerprint density at radius 2 is 2.00 bits per heavy atom. The first-order chi connectivity index (χ1) is 9.11. The minimum atomic E-state index is 0.176. The largest absolute Gasteiger partial charge is 0.395 e. The SMILES string of the molecule is CC(C)c1ccc(N2CC(CO)NCCC2C)cc1. The van der Waals surface area contributed by atoms with Crippen molar-refractivity contribution in [1.82, 2.24) is 5.32 Å². The molecular weight excluding hydrogens is 236 g/mol. The molecule has 106 valence electrons. The molecule has 1 saturated heterocycles. The molecule has 2 N–H and O–H groups in total. The van der Waals surface area contributed by atoms with E-state index in [1.54, 1.807) is 0 Å². The molecule has 1 heterocycles. The molecule has 0 radical (unpaired) electrons. The van der Waals surface area contributed by atoms with Gasteiger partial charge in [-0.15, -0.1) is 0 Å². The van der Waals surface area contributed by atoms with Crippen molar-refractivity contribution in [2.75, 3.05) is 24.6 Å². The highest BCUT2D eigenvalue weighted by Crippen LogP contribution is 2.23. The van der Waals surface area contributed by atoms with Crippen LogP contribution in [0, 0.1) is 0 Å². The van der Waals surface area contributed by atoms with Crippen molar-refractivity contribution in [1.29, 1.82) is 0 Å². The summed E-state index contributed by atoms with van der Waals surface area (Å²) in [5, 5.41) is 12.8. The lowest BCUT2D eigenvalue weighted by molar-refractivity contribution is 0.248. The van der Waals surface area contributed by atoms with Crippen molar-refractivity contribution in [2.24, 2.45) is 0 Å². The summed E-state index contributed by atoms with van der Waals surface area (Å²) in [4.78, 5) is 2.41. The minimum Gasteiger partial charge on any atom is -0.395 e. The molecule has 1 aliphatic heterocycles. The van der Waals surface area contributed by atoms with E-state index in [2.05, 4.69) is 55.3 Å². The Bertz CT molecular complexity index is 388. The Morgan fingerprint density at radius 1 is 1.32 bits per heavy atom. The molecule has 1 aliphatic rings. The van der Waals surface area contributed by atoms with Gasteiger partial charge in [-0.05, 0) is 43.5 Å². The highest BCUT2D eigenvalue weighted by atomic mass is 16.3. The van der Waals surface area contributed by atoms with Crippen LogP contribution in [-0.2, 0) is 0 Å². The topological polar surface area (TPSA) is 35.5 Å². The van der Waals surface area contributed by atoms with E-state index >= 15 is 0 Å². The number of nitrogens with zero attached hydrogens (tertiary/aromatic N) is 1. The summed E-state index contributed by atoms with van der Waals surface area (Å²) in [6, 6.07) is 9.55. The minimum absolute atomic E-state index is 0.176. The Labute approximate surface area is 116 Å². The van der Waals surface area contributed by atoms with E-state index in [1.165, 1.54) is 11.3 Å². The van der Waals surface area contributed by atoms with E-state index in [0.717, 1.165) is 19.5 Å². The van der Waals surface area contributed by atoms with Gasteiger partial charge >= 0.3 is 0 Å². The van der Waals surface area contributed by atoms with Gasteiger partial charge in [0.2, 0.25) is 0 Å². The molecule has 1 aromatic carbocycles. The fourth-order valence-electron chi connectivity index (χ4n) is 2.67. The highest BCUT2D eigenvalue weighted by Gasteiger charge is 2.22. The summed E-state index contributed by atoms with van der Waals surface area (Å²) in [7, 11) is 0. The number of benzene rings is 1. The van der Waals surface area contributed by atoms with Gasteiger partial charge in [0.25, 0.3) is 0 Å². The van der Waals surface area contributed by atoms with Crippen LogP contribution in [0.2, 0.25) is 0 Å². The lowest BCUT2D eigenvalue weighted by atomic mass is 10.0. The first-order valence-corrected chi connectivity index (χ1v) is 7.32. The molecule has 2 unspecified atom stereocenters. The molecule has 0 bridgehead atoms. The van der Waals surface area contributed by atoms with Gasteiger partial charge in [-0.25, -0.2) is 0 Å². The molecule has 0 spiro atoms. The van der Waals surface area contributed by atoms with Gasteiger partial charge in [0.05, 0.1) is 6.61 Å². The summed E-state index contributed by atoms with van der Waals surface area (Å²) < 4.78 is 0. The quantitative estimate of drug-likeness (QED) is 0.878. The summed E-state index contributed by atoms with van der Waals surface area (Å²) in [5.74, 6) is 0.572. The third-order valence-electron chi connectivity index (χ3n) is 4.06. The van der Waals surface area contributed by atoms with E-state index in [0.29, 0.717) is 12.0 Å². The summed E-state index contributed by atoms with van der Waals surface area (Å²) >= 11 is 0. The number of hydrogen-bond donors (Lipinski definition) is 2. The maximum absolute atomic E-state index is 9.39. The van der Waals surface area contributed by atoms with Gasteiger partial charge in [0.15, 0.2) is 0 Å². The smallest absolute Gasteiger partial charge is 0.0601 e. The summed E-state index contributed by atoms with van der Waals surface area (Å²) in [6.07, 6.45) is 1.11. The van der Waals surface area contributed by atoms with Crippen LogP contribution in [0.4, 0.5) is 5.69 Å². The second-order valence-electron chi connectivity index (χ2n) is 5.87. The number of aliphatic hydroxyl groups excluding tert-OH is 1.